The zero-order chi connectivity index (χ0) is 9.19. The minimum absolute atomic E-state index is 0.481. The van der Waals surface area contributed by atoms with Gasteiger partial charge in [-0.2, -0.15) is 8.78 Å². The summed E-state index contributed by atoms with van der Waals surface area (Å²) >= 11 is 0. The van der Waals surface area contributed by atoms with Gasteiger partial charge in [0.1, 0.15) is 0 Å². The first-order chi connectivity index (χ1) is 5.52. The monoisotopic (exact) mass is 179 g/mol. The van der Waals surface area contributed by atoms with E-state index in [0.29, 0.717) is 12.5 Å². The third-order valence-electron chi connectivity index (χ3n) is 1.79. The summed E-state index contributed by atoms with van der Waals surface area (Å²) in [5.41, 5.74) is 0. The molecule has 1 aliphatic carbocycles. The molecule has 0 aromatic rings. The van der Waals surface area contributed by atoms with Gasteiger partial charge in [0.25, 0.3) is 0 Å². The molecule has 0 aliphatic heterocycles. The molecule has 0 amide bonds. The minimum atomic E-state index is -3.63. The smallest absolute Gasteiger partial charge is 0.375 e. The van der Waals surface area contributed by atoms with Crippen molar-refractivity contribution in [3.63, 3.8) is 0 Å². The molecule has 5 heteroatoms. The van der Waals surface area contributed by atoms with Crippen molar-refractivity contribution >= 4 is 5.97 Å². The fourth-order valence-electron chi connectivity index (χ4n) is 0.831. The maximum atomic E-state index is 12.4. The summed E-state index contributed by atoms with van der Waals surface area (Å²) < 4.78 is 24.7. The Bertz CT molecular complexity index is 180. The van der Waals surface area contributed by atoms with E-state index in [9.17, 15) is 13.6 Å². The van der Waals surface area contributed by atoms with E-state index in [-0.39, 0.29) is 0 Å². The summed E-state index contributed by atoms with van der Waals surface area (Å²) in [6.07, 6.45) is 2.12. The number of carbonyl (C=O) groups is 1. The molecule has 0 atom stereocenters. The molecule has 0 radical (unpaired) electrons. The van der Waals surface area contributed by atoms with Crippen molar-refractivity contribution in [1.29, 1.82) is 0 Å². The third kappa shape index (κ3) is 2.73. The van der Waals surface area contributed by atoms with Crippen LogP contribution in [0.2, 0.25) is 0 Å². The van der Waals surface area contributed by atoms with Crippen molar-refractivity contribution in [3.05, 3.63) is 0 Å². The van der Waals surface area contributed by atoms with Crippen LogP contribution in [0.4, 0.5) is 8.78 Å². The first kappa shape index (κ1) is 9.38. The Labute approximate surface area is 68.8 Å². The fourth-order valence-corrected chi connectivity index (χ4v) is 0.831. The maximum absolute atomic E-state index is 12.4. The number of alkyl halides is 2. The van der Waals surface area contributed by atoms with E-state index in [4.69, 9.17) is 5.11 Å². The molecule has 0 heterocycles. The Morgan fingerprint density at radius 1 is 1.58 bits per heavy atom. The molecule has 0 unspecified atom stereocenters. The van der Waals surface area contributed by atoms with Crippen LogP contribution in [-0.4, -0.2) is 30.1 Å². The van der Waals surface area contributed by atoms with Gasteiger partial charge in [0.15, 0.2) is 0 Å². The van der Waals surface area contributed by atoms with Gasteiger partial charge in [-0.15, -0.1) is 0 Å². The highest BCUT2D eigenvalue weighted by Crippen LogP contribution is 2.27. The number of carboxylic acid groups (broad SMARTS) is 1. The third-order valence-corrected chi connectivity index (χ3v) is 1.79. The van der Waals surface area contributed by atoms with Gasteiger partial charge in [0, 0.05) is 0 Å². The van der Waals surface area contributed by atoms with Crippen molar-refractivity contribution in [2.75, 3.05) is 13.1 Å². The molecule has 0 saturated heterocycles. The predicted molar refractivity (Wildman–Crippen MR) is 38.2 cm³/mol. The lowest BCUT2D eigenvalue weighted by molar-refractivity contribution is -0.164. The van der Waals surface area contributed by atoms with Gasteiger partial charge in [-0.3, -0.25) is 0 Å². The molecule has 1 rings (SSSR count). The van der Waals surface area contributed by atoms with Crippen LogP contribution in [0.5, 0.6) is 0 Å². The van der Waals surface area contributed by atoms with E-state index >= 15 is 0 Å². The lowest BCUT2D eigenvalue weighted by Gasteiger charge is -2.11. The largest absolute Gasteiger partial charge is 0.477 e. The lowest BCUT2D eigenvalue weighted by atomic mass is 10.3. The average molecular weight is 179 g/mol. The van der Waals surface area contributed by atoms with Gasteiger partial charge in [-0.05, 0) is 25.3 Å². The van der Waals surface area contributed by atoms with Gasteiger partial charge in [0.05, 0.1) is 6.54 Å². The molecule has 0 spiro atoms. The quantitative estimate of drug-likeness (QED) is 0.653. The summed E-state index contributed by atoms with van der Waals surface area (Å²) in [6, 6.07) is 0. The van der Waals surface area contributed by atoms with Crippen molar-refractivity contribution < 1.29 is 18.7 Å². The first-order valence-corrected chi connectivity index (χ1v) is 3.84. The van der Waals surface area contributed by atoms with Crippen LogP contribution in [-0.2, 0) is 4.79 Å². The first-order valence-electron chi connectivity index (χ1n) is 3.84. The number of hydrogen-bond acceptors (Lipinski definition) is 2. The van der Waals surface area contributed by atoms with Crippen molar-refractivity contribution in [1.82, 2.24) is 5.32 Å². The Hall–Kier alpha value is -0.710. The highest BCUT2D eigenvalue weighted by Gasteiger charge is 2.38. The van der Waals surface area contributed by atoms with E-state index < -0.39 is 18.4 Å². The van der Waals surface area contributed by atoms with Gasteiger partial charge in [-0.1, -0.05) is 0 Å². The standard InChI is InChI=1S/C7H11F2NO2/c8-7(9,6(11)12)4-10-3-5-1-2-5/h5,10H,1-4H2,(H,11,12). The minimum Gasteiger partial charge on any atom is -0.477 e. The van der Waals surface area contributed by atoms with Crippen molar-refractivity contribution in [3.8, 4) is 0 Å². The molecule has 12 heavy (non-hydrogen) atoms. The zero-order valence-corrected chi connectivity index (χ0v) is 6.52. The topological polar surface area (TPSA) is 49.3 Å². The number of halogens is 2. The van der Waals surface area contributed by atoms with Gasteiger partial charge in [0.2, 0.25) is 0 Å². The summed E-state index contributed by atoms with van der Waals surface area (Å²) in [5, 5.41) is 10.5. The van der Waals surface area contributed by atoms with Crippen LogP contribution in [0.15, 0.2) is 0 Å². The number of rotatable bonds is 5. The van der Waals surface area contributed by atoms with E-state index in [1.54, 1.807) is 0 Å². The number of aliphatic carboxylic acids is 1. The van der Waals surface area contributed by atoms with Gasteiger partial charge >= 0.3 is 11.9 Å². The summed E-state index contributed by atoms with van der Waals surface area (Å²) in [7, 11) is 0. The number of hydrogen-bond donors (Lipinski definition) is 2. The normalized spacial score (nSPS) is 17.8. The van der Waals surface area contributed by atoms with Gasteiger partial charge in [-0.25, -0.2) is 4.79 Å². The molecule has 70 valence electrons. The molecule has 0 aromatic carbocycles. The maximum Gasteiger partial charge on any atom is 0.375 e. The second-order valence-corrected chi connectivity index (χ2v) is 3.08. The Morgan fingerprint density at radius 2 is 2.17 bits per heavy atom. The average Bonchev–Trinajstić information content (AvgIpc) is 2.70. The molecule has 0 aromatic heterocycles. The van der Waals surface area contributed by atoms with E-state index in [1.807, 2.05) is 0 Å². The highest BCUT2D eigenvalue weighted by molar-refractivity contribution is 5.75. The van der Waals surface area contributed by atoms with Crippen LogP contribution in [0, 0.1) is 5.92 Å². The van der Waals surface area contributed by atoms with E-state index in [2.05, 4.69) is 5.32 Å². The Kier molecular flexibility index (Phi) is 2.62. The van der Waals surface area contributed by atoms with E-state index in [1.165, 1.54) is 0 Å². The molecular weight excluding hydrogens is 168 g/mol. The molecule has 1 saturated carbocycles. The SMILES string of the molecule is O=C(O)C(F)(F)CNCC1CC1. The summed E-state index contributed by atoms with van der Waals surface area (Å²) in [4.78, 5) is 9.92. The fraction of sp³-hybridized carbons (Fsp3) is 0.857. The Morgan fingerprint density at radius 3 is 2.58 bits per heavy atom. The molecule has 2 N–H and O–H groups in total. The number of nitrogens with one attached hydrogen (secondary N) is 1. The summed E-state index contributed by atoms with van der Waals surface area (Å²) in [6.45, 7) is -0.262. The van der Waals surface area contributed by atoms with E-state index in [0.717, 1.165) is 12.8 Å². The molecule has 0 bridgehead atoms. The second kappa shape index (κ2) is 3.35. The van der Waals surface area contributed by atoms with Crippen LogP contribution in [0.3, 0.4) is 0 Å². The van der Waals surface area contributed by atoms with Gasteiger partial charge < -0.3 is 10.4 Å². The van der Waals surface area contributed by atoms with Crippen molar-refractivity contribution in [2.24, 2.45) is 5.92 Å². The number of carboxylic acids is 1. The zero-order valence-electron chi connectivity index (χ0n) is 6.52. The molecule has 1 aliphatic rings. The molecule has 3 nitrogen and oxygen atoms in total. The predicted octanol–water partition coefficient (Wildman–Crippen LogP) is 0.706. The highest BCUT2D eigenvalue weighted by atomic mass is 19.3. The second-order valence-electron chi connectivity index (χ2n) is 3.08. The Balaban J connectivity index is 2.14. The van der Waals surface area contributed by atoms with Crippen LogP contribution < -0.4 is 5.32 Å². The molecule has 1 fully saturated rings. The van der Waals surface area contributed by atoms with Crippen LogP contribution in [0.25, 0.3) is 0 Å². The van der Waals surface area contributed by atoms with Crippen molar-refractivity contribution in [2.45, 2.75) is 18.8 Å². The van der Waals surface area contributed by atoms with Crippen LogP contribution >= 0.6 is 0 Å². The molecular formula is C7H11F2NO2. The van der Waals surface area contributed by atoms with Crippen LogP contribution in [0.1, 0.15) is 12.8 Å². The summed E-state index contributed by atoms with van der Waals surface area (Å²) in [5.74, 6) is -5.21. The lowest BCUT2D eigenvalue weighted by Crippen LogP contribution is -2.40.